The van der Waals surface area contributed by atoms with Crippen molar-refractivity contribution < 1.29 is 48.7 Å². The Morgan fingerprint density at radius 3 is 2.13 bits per heavy atom. The Morgan fingerprint density at radius 1 is 1.33 bits per heavy atom. The van der Waals surface area contributed by atoms with E-state index in [2.05, 4.69) is 6.58 Å². The van der Waals surface area contributed by atoms with Crippen LogP contribution in [0.5, 0.6) is 0 Å². The minimum Gasteiger partial charge on any atom is -1.00 e. The molecule has 1 N–H and O–H groups in total. The van der Waals surface area contributed by atoms with Gasteiger partial charge in [-0.1, -0.05) is 6.58 Å². The van der Waals surface area contributed by atoms with E-state index in [1.807, 2.05) is 0 Å². The van der Waals surface area contributed by atoms with Crippen LogP contribution < -0.4 is 29.6 Å². The van der Waals surface area contributed by atoms with Crippen molar-refractivity contribution in [3.63, 3.8) is 0 Å². The van der Waals surface area contributed by atoms with Crippen molar-refractivity contribution >= 4 is 15.9 Å². The molecule has 0 atom stereocenters. The number of allylic oxidation sites excluding steroid dienone is 1. The van der Waals surface area contributed by atoms with Crippen molar-refractivity contribution in [1.82, 2.24) is 0 Å². The third kappa shape index (κ3) is 3.89. The molecule has 0 aliphatic carbocycles. The summed E-state index contributed by atoms with van der Waals surface area (Å²) in [5.74, 6) is -0.299. The summed E-state index contributed by atoms with van der Waals surface area (Å²) in [6.45, 7) is 3.29. The molecule has 6 heteroatoms. The number of rotatable bonds is 3. The molecular weight excluding hydrogens is 227 g/mol. The zero-order valence-corrected chi connectivity index (χ0v) is 11.0. The molecule has 4 nitrogen and oxygen atoms in total. The number of carbonyl (C=O) groups excluding carboxylic acids is 1. The normalized spacial score (nSPS) is 10.2. The van der Waals surface area contributed by atoms with Gasteiger partial charge in [-0.3, -0.25) is 9.35 Å². The first-order valence-electron chi connectivity index (χ1n) is 3.69. The molecule has 1 aromatic carbocycles. The molecule has 1 aromatic rings. The summed E-state index contributed by atoms with van der Waals surface area (Å²) in [5.41, 5.74) is 0.326. The summed E-state index contributed by atoms with van der Waals surface area (Å²) >= 11 is 0. The third-order valence-corrected chi connectivity index (χ3v) is 2.49. The van der Waals surface area contributed by atoms with Gasteiger partial charge in [0.05, 0.1) is 4.90 Å². The number of carbonyl (C=O) groups is 1. The van der Waals surface area contributed by atoms with Gasteiger partial charge in [-0.2, -0.15) is 8.42 Å². The molecule has 0 fully saturated rings. The Hall–Kier alpha value is -0.460. The first kappa shape index (κ1) is 14.5. The maximum Gasteiger partial charge on any atom is 1.00 e. The smallest absolute Gasteiger partial charge is 1.00 e. The van der Waals surface area contributed by atoms with Crippen LogP contribution in [-0.2, 0) is 10.1 Å². The average Bonchev–Trinajstić information content (AvgIpc) is 2.15. The van der Waals surface area contributed by atoms with Crippen LogP contribution in [0.4, 0.5) is 0 Å². The van der Waals surface area contributed by atoms with Crippen molar-refractivity contribution in [3.05, 3.63) is 42.5 Å². The van der Waals surface area contributed by atoms with Crippen LogP contribution in [0, 0.1) is 0 Å². The zero-order chi connectivity index (χ0) is 10.8. The quantitative estimate of drug-likeness (QED) is 0.297. The summed E-state index contributed by atoms with van der Waals surface area (Å²) in [4.78, 5) is 10.8. The van der Waals surface area contributed by atoms with E-state index in [0.717, 1.165) is 18.2 Å². The van der Waals surface area contributed by atoms with Crippen molar-refractivity contribution in [2.24, 2.45) is 0 Å². The van der Waals surface area contributed by atoms with E-state index >= 15 is 0 Å². The molecular formula is C9H9NaO4S. The summed E-state index contributed by atoms with van der Waals surface area (Å²) in [6, 6.07) is 4.94. The molecule has 0 aromatic heterocycles. The minimum absolute atomic E-state index is 0. The Morgan fingerprint density at radius 2 is 1.80 bits per heavy atom. The van der Waals surface area contributed by atoms with E-state index < -0.39 is 10.1 Å². The van der Waals surface area contributed by atoms with E-state index in [1.165, 1.54) is 12.1 Å². The predicted molar refractivity (Wildman–Crippen MR) is 51.9 cm³/mol. The molecule has 0 saturated carbocycles. The molecule has 15 heavy (non-hydrogen) atoms. The molecule has 0 aliphatic heterocycles. The molecule has 0 radical (unpaired) electrons. The van der Waals surface area contributed by atoms with E-state index in [1.54, 1.807) is 0 Å². The second-order valence-electron chi connectivity index (χ2n) is 2.57. The molecule has 0 unspecified atom stereocenters. The van der Waals surface area contributed by atoms with E-state index in [9.17, 15) is 13.2 Å². The third-order valence-electron chi connectivity index (χ3n) is 1.62. The zero-order valence-electron chi connectivity index (χ0n) is 9.17. The maximum atomic E-state index is 11.0. The molecule has 0 spiro atoms. The molecule has 0 heterocycles. The van der Waals surface area contributed by atoms with Crippen molar-refractivity contribution in [1.29, 1.82) is 0 Å². The molecule has 0 amide bonds. The van der Waals surface area contributed by atoms with Gasteiger partial charge in [0.1, 0.15) is 0 Å². The van der Waals surface area contributed by atoms with Gasteiger partial charge in [0.25, 0.3) is 10.1 Å². The van der Waals surface area contributed by atoms with Crippen LogP contribution in [0.1, 0.15) is 11.8 Å². The van der Waals surface area contributed by atoms with Crippen LogP contribution in [-0.4, -0.2) is 18.8 Å². The molecule has 1 rings (SSSR count). The topological polar surface area (TPSA) is 71.4 Å². The maximum absolute atomic E-state index is 11.0. The number of benzene rings is 1. The Labute approximate surface area is 112 Å². The van der Waals surface area contributed by atoms with Gasteiger partial charge >= 0.3 is 29.6 Å². The Balaban J connectivity index is 0. The SMILES string of the molecule is C=CC(=O)c1ccc(S(=O)(=O)O)cc1.[H-].[Na+]. The first-order valence-corrected chi connectivity index (χ1v) is 5.13. The molecule has 0 bridgehead atoms. The first-order chi connectivity index (χ1) is 6.45. The molecule has 76 valence electrons. The fourth-order valence-electron chi connectivity index (χ4n) is 0.909. The van der Waals surface area contributed by atoms with Crippen LogP contribution in [0.15, 0.2) is 41.8 Å². The van der Waals surface area contributed by atoms with E-state index in [0.29, 0.717) is 5.56 Å². The van der Waals surface area contributed by atoms with E-state index in [-0.39, 0.29) is 41.7 Å². The van der Waals surface area contributed by atoms with Crippen LogP contribution in [0.2, 0.25) is 0 Å². The van der Waals surface area contributed by atoms with Gasteiger partial charge in [-0.25, -0.2) is 0 Å². The summed E-state index contributed by atoms with van der Waals surface area (Å²) in [7, 11) is -4.19. The van der Waals surface area contributed by atoms with Gasteiger partial charge in [-0.15, -0.1) is 0 Å². The van der Waals surface area contributed by atoms with Crippen molar-refractivity contribution in [2.75, 3.05) is 0 Å². The minimum atomic E-state index is -4.19. The summed E-state index contributed by atoms with van der Waals surface area (Å²) < 4.78 is 29.9. The monoisotopic (exact) mass is 236 g/mol. The number of hydrogen-bond donors (Lipinski definition) is 1. The standard InChI is InChI=1S/C9H8O4S.Na.H/c1-2-9(10)7-3-5-8(6-4-7)14(11,12)13;;/h2-6H,1H2,(H,11,12,13);;/q;+1;-1. The van der Waals surface area contributed by atoms with Crippen LogP contribution in [0.25, 0.3) is 0 Å². The largest absolute Gasteiger partial charge is 1.00 e. The van der Waals surface area contributed by atoms with Crippen LogP contribution >= 0.6 is 0 Å². The molecule has 0 aliphatic rings. The second kappa shape index (κ2) is 5.58. The van der Waals surface area contributed by atoms with Crippen molar-refractivity contribution in [3.8, 4) is 0 Å². The summed E-state index contributed by atoms with van der Waals surface area (Å²) in [5, 5.41) is 0. The Bertz CT molecular complexity index is 467. The van der Waals surface area contributed by atoms with E-state index in [4.69, 9.17) is 4.55 Å². The van der Waals surface area contributed by atoms with Crippen LogP contribution in [0.3, 0.4) is 0 Å². The Kier molecular flexibility index (Phi) is 5.41. The second-order valence-corrected chi connectivity index (χ2v) is 3.99. The fraction of sp³-hybridized carbons (Fsp3) is 0. The van der Waals surface area contributed by atoms with Gasteiger partial charge in [0.2, 0.25) is 0 Å². The number of hydrogen-bond acceptors (Lipinski definition) is 3. The number of ketones is 1. The average molecular weight is 236 g/mol. The molecule has 0 saturated heterocycles. The van der Waals surface area contributed by atoms with Gasteiger partial charge in [0.15, 0.2) is 5.78 Å². The van der Waals surface area contributed by atoms with Crippen molar-refractivity contribution in [2.45, 2.75) is 4.90 Å². The van der Waals surface area contributed by atoms with Gasteiger partial charge < -0.3 is 1.43 Å². The van der Waals surface area contributed by atoms with Gasteiger partial charge in [-0.05, 0) is 30.3 Å². The summed E-state index contributed by atoms with van der Waals surface area (Å²) in [6.07, 6.45) is 1.13. The predicted octanol–water partition coefficient (Wildman–Crippen LogP) is -1.58. The van der Waals surface area contributed by atoms with Gasteiger partial charge in [0, 0.05) is 5.56 Å². The fourth-order valence-corrected chi connectivity index (χ4v) is 1.39.